The quantitative estimate of drug-likeness (QED) is 0.859. The smallest absolute Gasteiger partial charge is 0.234 e. The number of nitrogens with zero attached hydrogens (tertiary/aromatic N) is 3. The van der Waals surface area contributed by atoms with Crippen LogP contribution in [-0.4, -0.2) is 34.0 Å². The number of hydrogen-bond donors (Lipinski definition) is 0. The Labute approximate surface area is 146 Å². The Hall–Kier alpha value is -2.24. The molecule has 1 unspecified atom stereocenters. The molecule has 6 heteroatoms. The molecule has 0 radical (unpaired) electrons. The molecule has 25 heavy (non-hydrogen) atoms. The first kappa shape index (κ1) is 16.2. The summed E-state index contributed by atoms with van der Waals surface area (Å²) in [7, 11) is 0. The van der Waals surface area contributed by atoms with Gasteiger partial charge in [-0.1, -0.05) is 11.2 Å². The zero-order chi connectivity index (χ0) is 17.8. The van der Waals surface area contributed by atoms with Crippen molar-refractivity contribution in [3.8, 4) is 0 Å². The second kappa shape index (κ2) is 5.38. The van der Waals surface area contributed by atoms with Gasteiger partial charge in [-0.25, -0.2) is 4.39 Å². The lowest BCUT2D eigenvalue weighted by atomic mass is 9.89. The minimum Gasteiger partial charge on any atom is -0.342 e. The highest BCUT2D eigenvalue weighted by molar-refractivity contribution is 5.73. The average Bonchev–Trinajstić information content (AvgIpc) is 3.03. The van der Waals surface area contributed by atoms with Gasteiger partial charge in [0.2, 0.25) is 11.8 Å². The van der Waals surface area contributed by atoms with Crippen molar-refractivity contribution in [3.63, 3.8) is 0 Å². The van der Waals surface area contributed by atoms with Crippen LogP contribution in [-0.2, 0) is 15.6 Å². The van der Waals surface area contributed by atoms with Crippen molar-refractivity contribution in [1.82, 2.24) is 15.0 Å². The summed E-state index contributed by atoms with van der Waals surface area (Å²) in [6, 6.07) is 4.87. The first-order valence-corrected chi connectivity index (χ1v) is 8.71. The van der Waals surface area contributed by atoms with E-state index >= 15 is 0 Å². The van der Waals surface area contributed by atoms with Gasteiger partial charge in [-0.15, -0.1) is 0 Å². The van der Waals surface area contributed by atoms with Crippen LogP contribution >= 0.6 is 0 Å². The van der Waals surface area contributed by atoms with E-state index in [2.05, 4.69) is 12.1 Å². The van der Waals surface area contributed by atoms with E-state index in [0.717, 1.165) is 30.4 Å². The number of benzene rings is 1. The zero-order valence-corrected chi connectivity index (χ0v) is 14.8. The molecule has 132 valence electrons. The average molecular weight is 343 g/mol. The Bertz CT molecular complexity index is 843. The van der Waals surface area contributed by atoms with Crippen molar-refractivity contribution in [2.75, 3.05) is 13.1 Å². The molecule has 2 heterocycles. The molecule has 2 aromatic rings. The van der Waals surface area contributed by atoms with E-state index in [9.17, 15) is 9.18 Å². The summed E-state index contributed by atoms with van der Waals surface area (Å²) in [5.74, 6) is 1.04. The van der Waals surface area contributed by atoms with Crippen LogP contribution in [0.4, 0.5) is 4.39 Å². The third kappa shape index (κ3) is 2.55. The van der Waals surface area contributed by atoms with E-state index < -0.39 is 0 Å². The van der Waals surface area contributed by atoms with Crippen LogP contribution in [0.3, 0.4) is 0 Å². The second-order valence-electron chi connectivity index (χ2n) is 7.72. The van der Waals surface area contributed by atoms with Gasteiger partial charge in [0.05, 0.1) is 10.8 Å². The number of amides is 1. The van der Waals surface area contributed by atoms with E-state index in [-0.39, 0.29) is 22.6 Å². The van der Waals surface area contributed by atoms with Gasteiger partial charge in [0, 0.05) is 20.0 Å². The first-order chi connectivity index (χ1) is 11.8. The van der Waals surface area contributed by atoms with Crippen LogP contribution in [0, 0.1) is 12.7 Å². The zero-order valence-electron chi connectivity index (χ0n) is 14.8. The van der Waals surface area contributed by atoms with Crippen molar-refractivity contribution in [1.29, 1.82) is 0 Å². The number of halogens is 1. The predicted molar refractivity (Wildman–Crippen MR) is 89.7 cm³/mol. The summed E-state index contributed by atoms with van der Waals surface area (Å²) >= 11 is 0. The minimum absolute atomic E-state index is 0.0671. The molecular formula is C19H22FN3O2. The predicted octanol–water partition coefficient (Wildman–Crippen LogP) is 3.11. The Balaban J connectivity index is 1.66. The van der Waals surface area contributed by atoms with Gasteiger partial charge >= 0.3 is 0 Å². The maximum absolute atomic E-state index is 13.7. The third-order valence-corrected chi connectivity index (χ3v) is 5.75. The lowest BCUT2D eigenvalue weighted by Crippen LogP contribution is -2.31. The molecule has 2 aliphatic rings. The fourth-order valence-electron chi connectivity index (χ4n) is 3.92. The van der Waals surface area contributed by atoms with Gasteiger partial charge in [0.1, 0.15) is 5.82 Å². The fourth-order valence-corrected chi connectivity index (χ4v) is 3.92. The minimum atomic E-state index is -0.330. The van der Waals surface area contributed by atoms with Gasteiger partial charge in [0.15, 0.2) is 5.82 Å². The monoisotopic (exact) mass is 343 g/mol. The lowest BCUT2D eigenvalue weighted by Gasteiger charge is -2.19. The van der Waals surface area contributed by atoms with E-state index in [4.69, 9.17) is 9.51 Å². The van der Waals surface area contributed by atoms with Crippen molar-refractivity contribution in [2.24, 2.45) is 0 Å². The number of aryl methyl sites for hydroxylation is 1. The Morgan fingerprint density at radius 1 is 1.32 bits per heavy atom. The SMILES string of the molecule is CC(=O)N1CCC(C)(c2nc(C3(c4cc(F)ccc4C)CC3)no2)C1. The molecule has 1 amide bonds. The molecule has 1 aliphatic carbocycles. The number of rotatable bonds is 3. The highest BCUT2D eigenvalue weighted by Crippen LogP contribution is 2.53. The number of aromatic nitrogens is 2. The molecular weight excluding hydrogens is 321 g/mol. The van der Waals surface area contributed by atoms with Gasteiger partial charge in [-0.2, -0.15) is 4.98 Å². The largest absolute Gasteiger partial charge is 0.342 e. The van der Waals surface area contributed by atoms with E-state index in [1.165, 1.54) is 6.07 Å². The molecule has 1 saturated carbocycles. The number of carbonyl (C=O) groups is 1. The normalized spacial score (nSPS) is 24.6. The Kier molecular flexibility index (Phi) is 3.49. The standard InChI is InChI=1S/C19H22FN3O2/c1-12-4-5-14(20)10-15(12)19(6-7-19)16-21-17(25-22-16)18(3)8-9-23(11-18)13(2)24/h4-5,10H,6-9,11H2,1-3H3. The Morgan fingerprint density at radius 3 is 2.72 bits per heavy atom. The van der Waals surface area contributed by atoms with E-state index in [1.807, 2.05) is 11.8 Å². The Morgan fingerprint density at radius 2 is 2.08 bits per heavy atom. The van der Waals surface area contributed by atoms with Crippen LogP contribution < -0.4 is 0 Å². The lowest BCUT2D eigenvalue weighted by molar-refractivity contribution is -0.128. The third-order valence-electron chi connectivity index (χ3n) is 5.75. The van der Waals surface area contributed by atoms with Crippen LogP contribution in [0.5, 0.6) is 0 Å². The van der Waals surface area contributed by atoms with Crippen LogP contribution in [0.25, 0.3) is 0 Å². The molecule has 1 atom stereocenters. The van der Waals surface area contributed by atoms with Crippen LogP contribution in [0.1, 0.15) is 56.0 Å². The summed E-state index contributed by atoms with van der Waals surface area (Å²) in [5.41, 5.74) is 1.34. The molecule has 1 aromatic heterocycles. The van der Waals surface area contributed by atoms with Crippen LogP contribution in [0.15, 0.2) is 22.7 Å². The van der Waals surface area contributed by atoms with Crippen molar-refractivity contribution < 1.29 is 13.7 Å². The van der Waals surface area contributed by atoms with E-state index in [1.54, 1.807) is 19.1 Å². The maximum Gasteiger partial charge on any atom is 0.234 e. The van der Waals surface area contributed by atoms with Crippen molar-refractivity contribution in [2.45, 2.75) is 50.9 Å². The first-order valence-electron chi connectivity index (χ1n) is 8.71. The van der Waals surface area contributed by atoms with Crippen molar-refractivity contribution in [3.05, 3.63) is 46.9 Å². The molecule has 5 nitrogen and oxygen atoms in total. The molecule has 0 N–H and O–H groups in total. The maximum atomic E-state index is 13.7. The van der Waals surface area contributed by atoms with Gasteiger partial charge in [-0.3, -0.25) is 4.79 Å². The molecule has 1 aliphatic heterocycles. The highest BCUT2D eigenvalue weighted by Gasteiger charge is 2.52. The molecule has 2 fully saturated rings. The summed E-state index contributed by atoms with van der Waals surface area (Å²) in [6.45, 7) is 6.92. The number of hydrogen-bond acceptors (Lipinski definition) is 4. The topological polar surface area (TPSA) is 59.2 Å². The van der Waals surface area contributed by atoms with Gasteiger partial charge < -0.3 is 9.42 Å². The van der Waals surface area contributed by atoms with E-state index in [0.29, 0.717) is 24.8 Å². The summed E-state index contributed by atoms with van der Waals surface area (Å²) in [5, 5.41) is 4.25. The molecule has 0 spiro atoms. The summed E-state index contributed by atoms with van der Waals surface area (Å²) in [4.78, 5) is 18.1. The highest BCUT2D eigenvalue weighted by atomic mass is 19.1. The van der Waals surface area contributed by atoms with Gasteiger partial charge in [-0.05, 0) is 56.4 Å². The molecule has 4 rings (SSSR count). The second-order valence-corrected chi connectivity index (χ2v) is 7.72. The molecule has 1 aromatic carbocycles. The number of carbonyl (C=O) groups excluding carboxylic acids is 1. The fraction of sp³-hybridized carbons (Fsp3) is 0.526. The van der Waals surface area contributed by atoms with Crippen LogP contribution in [0.2, 0.25) is 0 Å². The van der Waals surface area contributed by atoms with Crippen molar-refractivity contribution >= 4 is 5.91 Å². The summed E-state index contributed by atoms with van der Waals surface area (Å²) < 4.78 is 19.4. The summed E-state index contributed by atoms with van der Waals surface area (Å²) in [6.07, 6.45) is 2.60. The number of likely N-dealkylation sites (tertiary alicyclic amines) is 1. The van der Waals surface area contributed by atoms with Gasteiger partial charge in [0.25, 0.3) is 0 Å². The molecule has 1 saturated heterocycles. The molecule has 0 bridgehead atoms.